The van der Waals surface area contributed by atoms with Crippen molar-refractivity contribution < 1.29 is 9.21 Å². The number of anilines is 1. The third-order valence-electron chi connectivity index (χ3n) is 3.25. The van der Waals surface area contributed by atoms with E-state index in [1.165, 1.54) is 0 Å². The molecule has 1 aromatic carbocycles. The van der Waals surface area contributed by atoms with Crippen molar-refractivity contribution in [2.45, 2.75) is 33.1 Å². The highest BCUT2D eigenvalue weighted by Gasteiger charge is 2.21. The highest BCUT2D eigenvalue weighted by Crippen LogP contribution is 2.27. The molecule has 0 spiro atoms. The minimum atomic E-state index is -0.135. The van der Waals surface area contributed by atoms with E-state index >= 15 is 0 Å². The molecule has 0 fully saturated rings. The molecule has 5 heteroatoms. The van der Waals surface area contributed by atoms with Crippen LogP contribution in [0.3, 0.4) is 0 Å². The molecule has 1 heterocycles. The topological polar surface area (TPSA) is 67.2 Å². The lowest BCUT2D eigenvalue weighted by Gasteiger charge is -2.11. The molecule has 0 aliphatic heterocycles. The van der Waals surface area contributed by atoms with Gasteiger partial charge in [0.05, 0.1) is 0 Å². The fourth-order valence-electron chi connectivity index (χ4n) is 1.99. The highest BCUT2D eigenvalue weighted by molar-refractivity contribution is 5.94. The molecule has 1 unspecified atom stereocenters. The monoisotopic (exact) mass is 289 g/mol. The molecule has 0 saturated heterocycles. The van der Waals surface area contributed by atoms with Gasteiger partial charge in [-0.1, -0.05) is 27.7 Å². The molecule has 2 aromatic rings. The SMILES string of the molecule is CNCC(C)C(=O)Nc1ccc2oc(C(C)(C)C)nc2c1. The Hall–Kier alpha value is -1.88. The molecule has 21 heavy (non-hydrogen) atoms. The second-order valence-electron chi connectivity index (χ2n) is 6.40. The number of carbonyl (C=O) groups excluding carboxylic acids is 1. The molecule has 2 N–H and O–H groups in total. The standard InChI is InChI=1S/C16H23N3O2/c1-10(9-17-5)14(20)18-11-6-7-13-12(8-11)19-15(21-13)16(2,3)4/h6-8,10,17H,9H2,1-5H3,(H,18,20). The molecule has 0 radical (unpaired) electrons. The number of benzene rings is 1. The van der Waals surface area contributed by atoms with E-state index < -0.39 is 0 Å². The zero-order valence-electron chi connectivity index (χ0n) is 13.3. The number of amides is 1. The molecule has 0 saturated carbocycles. The Morgan fingerprint density at radius 2 is 2.10 bits per heavy atom. The molecule has 114 valence electrons. The van der Waals surface area contributed by atoms with Gasteiger partial charge in [0.1, 0.15) is 5.52 Å². The molecular formula is C16H23N3O2. The third kappa shape index (κ3) is 3.61. The van der Waals surface area contributed by atoms with Gasteiger partial charge >= 0.3 is 0 Å². The number of fused-ring (bicyclic) bond motifs is 1. The summed E-state index contributed by atoms with van der Waals surface area (Å²) in [5.74, 6) is 0.598. The van der Waals surface area contributed by atoms with Gasteiger partial charge in [0.25, 0.3) is 0 Å². The molecule has 0 aliphatic carbocycles. The number of rotatable bonds is 4. The Labute approximate surface area is 125 Å². The van der Waals surface area contributed by atoms with Crippen LogP contribution in [0.5, 0.6) is 0 Å². The predicted octanol–water partition coefficient (Wildman–Crippen LogP) is 2.92. The Balaban J connectivity index is 2.21. The van der Waals surface area contributed by atoms with Gasteiger partial charge in [0, 0.05) is 23.6 Å². The highest BCUT2D eigenvalue weighted by atomic mass is 16.3. The van der Waals surface area contributed by atoms with Crippen LogP contribution in [0, 0.1) is 5.92 Å². The van der Waals surface area contributed by atoms with E-state index in [9.17, 15) is 4.79 Å². The summed E-state index contributed by atoms with van der Waals surface area (Å²) in [4.78, 5) is 16.5. The number of nitrogens with zero attached hydrogens (tertiary/aromatic N) is 1. The minimum absolute atomic E-state index is 0.0109. The molecule has 2 rings (SSSR count). The number of carbonyl (C=O) groups is 1. The van der Waals surface area contributed by atoms with E-state index in [2.05, 4.69) is 36.4 Å². The summed E-state index contributed by atoms with van der Waals surface area (Å²) in [6.07, 6.45) is 0. The van der Waals surface area contributed by atoms with Gasteiger partial charge < -0.3 is 15.1 Å². The largest absolute Gasteiger partial charge is 0.440 e. The second-order valence-corrected chi connectivity index (χ2v) is 6.40. The van der Waals surface area contributed by atoms with Gasteiger partial charge in [-0.05, 0) is 25.2 Å². The summed E-state index contributed by atoms with van der Waals surface area (Å²) in [5, 5.41) is 5.90. The van der Waals surface area contributed by atoms with E-state index in [-0.39, 0.29) is 17.2 Å². The molecule has 5 nitrogen and oxygen atoms in total. The quantitative estimate of drug-likeness (QED) is 0.908. The van der Waals surface area contributed by atoms with Gasteiger partial charge in [-0.3, -0.25) is 4.79 Å². The first-order valence-corrected chi connectivity index (χ1v) is 7.18. The Morgan fingerprint density at radius 3 is 2.71 bits per heavy atom. The molecule has 1 atom stereocenters. The third-order valence-corrected chi connectivity index (χ3v) is 3.25. The smallest absolute Gasteiger partial charge is 0.228 e. The summed E-state index contributed by atoms with van der Waals surface area (Å²) in [6, 6.07) is 5.53. The van der Waals surface area contributed by atoms with Crippen molar-refractivity contribution in [3.05, 3.63) is 24.1 Å². The maximum absolute atomic E-state index is 12.0. The number of hydrogen-bond acceptors (Lipinski definition) is 4. The first kappa shape index (κ1) is 15.5. The van der Waals surface area contributed by atoms with Crippen LogP contribution in [-0.4, -0.2) is 24.5 Å². The van der Waals surface area contributed by atoms with Crippen molar-refractivity contribution in [2.75, 3.05) is 18.9 Å². The van der Waals surface area contributed by atoms with Crippen molar-refractivity contribution >= 4 is 22.7 Å². The Bertz CT molecular complexity index is 640. The Kier molecular flexibility index (Phi) is 4.32. The summed E-state index contributed by atoms with van der Waals surface area (Å²) in [7, 11) is 1.83. The van der Waals surface area contributed by atoms with Crippen molar-refractivity contribution in [3.63, 3.8) is 0 Å². The summed E-state index contributed by atoms with van der Waals surface area (Å²) in [6.45, 7) is 8.70. The summed E-state index contributed by atoms with van der Waals surface area (Å²) in [5.41, 5.74) is 2.11. The molecule has 1 amide bonds. The summed E-state index contributed by atoms with van der Waals surface area (Å²) >= 11 is 0. The fraction of sp³-hybridized carbons (Fsp3) is 0.500. The van der Waals surface area contributed by atoms with Crippen molar-refractivity contribution in [1.29, 1.82) is 0 Å². The van der Waals surface area contributed by atoms with E-state index in [0.717, 1.165) is 16.8 Å². The van der Waals surface area contributed by atoms with Crippen LogP contribution in [0.25, 0.3) is 11.1 Å². The van der Waals surface area contributed by atoms with Crippen LogP contribution < -0.4 is 10.6 Å². The number of oxazole rings is 1. The van der Waals surface area contributed by atoms with Crippen molar-refractivity contribution in [1.82, 2.24) is 10.3 Å². The average molecular weight is 289 g/mol. The average Bonchev–Trinajstić information content (AvgIpc) is 2.82. The van der Waals surface area contributed by atoms with Crippen LogP contribution >= 0.6 is 0 Å². The lowest BCUT2D eigenvalue weighted by molar-refractivity contribution is -0.119. The van der Waals surface area contributed by atoms with Crippen LogP contribution in [-0.2, 0) is 10.2 Å². The zero-order valence-corrected chi connectivity index (χ0v) is 13.3. The van der Waals surface area contributed by atoms with Gasteiger partial charge in [-0.15, -0.1) is 0 Å². The van der Waals surface area contributed by atoms with Crippen LogP contribution in [0.2, 0.25) is 0 Å². The fourth-order valence-corrected chi connectivity index (χ4v) is 1.99. The molecular weight excluding hydrogens is 266 g/mol. The van der Waals surface area contributed by atoms with E-state index in [0.29, 0.717) is 12.4 Å². The summed E-state index contributed by atoms with van der Waals surface area (Å²) < 4.78 is 5.74. The maximum Gasteiger partial charge on any atom is 0.228 e. The van der Waals surface area contributed by atoms with Gasteiger partial charge in [-0.25, -0.2) is 4.98 Å². The lowest BCUT2D eigenvalue weighted by Crippen LogP contribution is -2.28. The second kappa shape index (κ2) is 5.85. The number of aromatic nitrogens is 1. The van der Waals surface area contributed by atoms with Crippen molar-refractivity contribution in [2.24, 2.45) is 5.92 Å². The van der Waals surface area contributed by atoms with E-state index in [1.807, 2.05) is 32.2 Å². The number of nitrogens with one attached hydrogen (secondary N) is 2. The van der Waals surface area contributed by atoms with E-state index in [1.54, 1.807) is 0 Å². The van der Waals surface area contributed by atoms with Crippen molar-refractivity contribution in [3.8, 4) is 0 Å². The van der Waals surface area contributed by atoms with Crippen LogP contribution in [0.1, 0.15) is 33.6 Å². The number of hydrogen-bond donors (Lipinski definition) is 2. The van der Waals surface area contributed by atoms with Gasteiger partial charge in [-0.2, -0.15) is 0 Å². The first-order chi connectivity index (χ1) is 9.81. The minimum Gasteiger partial charge on any atom is -0.440 e. The van der Waals surface area contributed by atoms with Crippen LogP contribution in [0.4, 0.5) is 5.69 Å². The van der Waals surface area contributed by atoms with Gasteiger partial charge in [0.15, 0.2) is 5.58 Å². The lowest BCUT2D eigenvalue weighted by atomic mass is 9.97. The molecule has 0 bridgehead atoms. The first-order valence-electron chi connectivity index (χ1n) is 7.18. The Morgan fingerprint density at radius 1 is 1.38 bits per heavy atom. The predicted molar refractivity (Wildman–Crippen MR) is 84.4 cm³/mol. The zero-order chi connectivity index (χ0) is 15.6. The van der Waals surface area contributed by atoms with Gasteiger partial charge in [0.2, 0.25) is 11.8 Å². The molecule has 0 aliphatic rings. The molecule has 1 aromatic heterocycles. The van der Waals surface area contributed by atoms with Crippen LogP contribution in [0.15, 0.2) is 22.6 Å². The maximum atomic E-state index is 12.0. The normalized spacial score (nSPS) is 13.4. The van der Waals surface area contributed by atoms with E-state index in [4.69, 9.17) is 4.42 Å².